The molecule has 0 radical (unpaired) electrons. The number of furan rings is 1. The normalized spacial score (nSPS) is 20.0. The number of anilines is 1. The highest BCUT2D eigenvalue weighted by atomic mass is 32.2. The van der Waals surface area contributed by atoms with E-state index in [0.29, 0.717) is 5.88 Å². The smallest absolute Gasteiger partial charge is 0.371 e. The van der Waals surface area contributed by atoms with E-state index in [2.05, 4.69) is 18.7 Å². The second-order valence-corrected chi connectivity index (χ2v) is 6.59. The molecule has 1 aliphatic rings. The topological polar surface area (TPSA) is 53.7 Å². The third kappa shape index (κ3) is 2.97. The molecule has 0 saturated carbocycles. The fraction of sp³-hybridized carbons (Fsp3) is 0.583. The Hall–Kier alpha value is -1.10. The maximum Gasteiger partial charge on any atom is 0.371 e. The predicted molar refractivity (Wildman–Crippen MR) is 69.0 cm³/mol. The number of hydrogen-bond donors (Lipinski definition) is 1. The summed E-state index contributed by atoms with van der Waals surface area (Å²) >= 11 is 1.95. The number of carbonyl (C=O) groups is 1. The highest BCUT2D eigenvalue weighted by Crippen LogP contribution is 2.32. The number of thioether (sulfide) groups is 1. The molecule has 0 aromatic carbocycles. The van der Waals surface area contributed by atoms with Gasteiger partial charge in [0.25, 0.3) is 0 Å². The summed E-state index contributed by atoms with van der Waals surface area (Å²) in [6, 6.07) is 3.26. The van der Waals surface area contributed by atoms with Crippen LogP contribution in [0.5, 0.6) is 0 Å². The first kappa shape index (κ1) is 12.4. The van der Waals surface area contributed by atoms with E-state index < -0.39 is 5.97 Å². The van der Waals surface area contributed by atoms with Crippen LogP contribution in [0.1, 0.15) is 30.8 Å². The summed E-state index contributed by atoms with van der Waals surface area (Å²) in [5.74, 6) is 0.702. The van der Waals surface area contributed by atoms with Crippen molar-refractivity contribution in [1.29, 1.82) is 0 Å². The van der Waals surface area contributed by atoms with Crippen LogP contribution < -0.4 is 4.90 Å². The molecule has 0 spiro atoms. The number of hydrogen-bond acceptors (Lipinski definition) is 4. The Morgan fingerprint density at radius 1 is 1.47 bits per heavy atom. The summed E-state index contributed by atoms with van der Waals surface area (Å²) in [6.07, 6.45) is 1.07. The summed E-state index contributed by atoms with van der Waals surface area (Å²) in [5, 5.41) is 8.82. The molecule has 1 fully saturated rings. The van der Waals surface area contributed by atoms with Crippen molar-refractivity contribution in [2.75, 3.05) is 23.7 Å². The zero-order valence-electron chi connectivity index (χ0n) is 10.1. The number of carboxylic acids is 1. The van der Waals surface area contributed by atoms with Gasteiger partial charge in [0, 0.05) is 29.7 Å². The van der Waals surface area contributed by atoms with E-state index in [4.69, 9.17) is 9.52 Å². The average Bonchev–Trinajstić information content (AvgIpc) is 2.65. The van der Waals surface area contributed by atoms with Crippen LogP contribution in [0.3, 0.4) is 0 Å². The van der Waals surface area contributed by atoms with Gasteiger partial charge in [-0.2, -0.15) is 11.8 Å². The van der Waals surface area contributed by atoms with E-state index in [1.54, 1.807) is 6.07 Å². The summed E-state index contributed by atoms with van der Waals surface area (Å²) in [6.45, 7) is 6.30. The Morgan fingerprint density at radius 2 is 2.24 bits per heavy atom. The first-order chi connectivity index (χ1) is 7.98. The molecule has 1 aromatic heterocycles. The lowest BCUT2D eigenvalue weighted by atomic mass is 10.1. The molecule has 17 heavy (non-hydrogen) atoms. The SMILES string of the molecule is CC1(C)CCN(c2ccc(C(=O)O)o2)CCS1. The van der Waals surface area contributed by atoms with Crippen molar-refractivity contribution in [3.63, 3.8) is 0 Å². The summed E-state index contributed by atoms with van der Waals surface area (Å²) in [7, 11) is 0. The van der Waals surface area contributed by atoms with Crippen molar-refractivity contribution in [3.05, 3.63) is 17.9 Å². The molecule has 0 atom stereocenters. The summed E-state index contributed by atoms with van der Waals surface area (Å²) < 4.78 is 5.61. The van der Waals surface area contributed by atoms with Crippen LogP contribution in [0, 0.1) is 0 Å². The molecule has 1 aromatic rings. The second kappa shape index (κ2) is 4.64. The zero-order valence-corrected chi connectivity index (χ0v) is 10.9. The van der Waals surface area contributed by atoms with E-state index in [-0.39, 0.29) is 10.5 Å². The van der Waals surface area contributed by atoms with Crippen LogP contribution in [0.15, 0.2) is 16.5 Å². The fourth-order valence-electron chi connectivity index (χ4n) is 1.85. The third-order valence-electron chi connectivity index (χ3n) is 2.95. The summed E-state index contributed by atoms with van der Waals surface area (Å²) in [4.78, 5) is 12.9. The lowest BCUT2D eigenvalue weighted by molar-refractivity contribution is 0.0663. The van der Waals surface area contributed by atoms with E-state index in [0.717, 1.165) is 25.3 Å². The number of rotatable bonds is 2. The zero-order chi connectivity index (χ0) is 12.5. The largest absolute Gasteiger partial charge is 0.475 e. The van der Waals surface area contributed by atoms with E-state index in [1.807, 2.05) is 11.8 Å². The van der Waals surface area contributed by atoms with Gasteiger partial charge in [0.1, 0.15) is 0 Å². The number of carboxylic acid groups (broad SMARTS) is 1. The van der Waals surface area contributed by atoms with Crippen molar-refractivity contribution < 1.29 is 14.3 Å². The number of aromatic carboxylic acids is 1. The van der Waals surface area contributed by atoms with Crippen LogP contribution in [-0.2, 0) is 0 Å². The molecule has 0 bridgehead atoms. The Morgan fingerprint density at radius 3 is 2.88 bits per heavy atom. The number of nitrogens with zero attached hydrogens (tertiary/aromatic N) is 1. The molecular weight excluding hydrogens is 238 g/mol. The fourth-order valence-corrected chi connectivity index (χ4v) is 2.95. The molecular formula is C12H17NO3S. The van der Waals surface area contributed by atoms with Gasteiger partial charge >= 0.3 is 5.97 Å². The van der Waals surface area contributed by atoms with Crippen molar-refractivity contribution in [2.24, 2.45) is 0 Å². The molecule has 2 rings (SSSR count). The second-order valence-electron chi connectivity index (χ2n) is 4.79. The molecule has 0 unspecified atom stereocenters. The van der Waals surface area contributed by atoms with Crippen LogP contribution in [-0.4, -0.2) is 34.7 Å². The van der Waals surface area contributed by atoms with Crippen molar-refractivity contribution in [3.8, 4) is 0 Å². The molecule has 1 saturated heterocycles. The molecule has 2 heterocycles. The Balaban J connectivity index is 2.09. The van der Waals surface area contributed by atoms with Gasteiger partial charge in [-0.3, -0.25) is 0 Å². The van der Waals surface area contributed by atoms with Gasteiger partial charge in [-0.25, -0.2) is 4.79 Å². The quantitative estimate of drug-likeness (QED) is 0.880. The Kier molecular flexibility index (Phi) is 3.38. The standard InChI is InChI=1S/C12H17NO3S/c1-12(2)5-6-13(7-8-17-12)10-4-3-9(16-10)11(14)15/h3-4H,5-8H2,1-2H3,(H,14,15). The van der Waals surface area contributed by atoms with E-state index in [1.165, 1.54) is 6.07 Å². The first-order valence-electron chi connectivity index (χ1n) is 5.70. The predicted octanol–water partition coefficient (Wildman–Crippen LogP) is 2.70. The molecule has 0 aliphatic carbocycles. The van der Waals surface area contributed by atoms with Crippen molar-refractivity contribution in [2.45, 2.75) is 25.0 Å². The first-order valence-corrected chi connectivity index (χ1v) is 6.68. The minimum absolute atomic E-state index is 0.0103. The molecule has 0 amide bonds. The van der Waals surface area contributed by atoms with Gasteiger partial charge in [-0.05, 0) is 12.5 Å². The van der Waals surface area contributed by atoms with Gasteiger partial charge in [-0.1, -0.05) is 13.8 Å². The minimum atomic E-state index is -1.01. The van der Waals surface area contributed by atoms with Gasteiger partial charge in [0.15, 0.2) is 5.88 Å². The molecule has 1 N–H and O–H groups in total. The molecule has 1 aliphatic heterocycles. The lowest BCUT2D eigenvalue weighted by Crippen LogP contribution is -2.26. The highest BCUT2D eigenvalue weighted by molar-refractivity contribution is 8.00. The molecule has 5 heteroatoms. The van der Waals surface area contributed by atoms with Crippen LogP contribution >= 0.6 is 11.8 Å². The molecule has 94 valence electrons. The maximum absolute atomic E-state index is 10.8. The average molecular weight is 255 g/mol. The summed E-state index contributed by atoms with van der Waals surface area (Å²) in [5.41, 5.74) is 0. The minimum Gasteiger partial charge on any atom is -0.475 e. The van der Waals surface area contributed by atoms with Crippen LogP contribution in [0.4, 0.5) is 5.88 Å². The van der Waals surface area contributed by atoms with Crippen LogP contribution in [0.2, 0.25) is 0 Å². The van der Waals surface area contributed by atoms with Gasteiger partial charge < -0.3 is 14.4 Å². The van der Waals surface area contributed by atoms with E-state index >= 15 is 0 Å². The highest BCUT2D eigenvalue weighted by Gasteiger charge is 2.25. The Bertz CT molecular complexity index is 414. The monoisotopic (exact) mass is 255 g/mol. The third-order valence-corrected chi connectivity index (χ3v) is 4.32. The van der Waals surface area contributed by atoms with Crippen molar-refractivity contribution >= 4 is 23.6 Å². The molecule has 4 nitrogen and oxygen atoms in total. The van der Waals surface area contributed by atoms with Gasteiger partial charge in [0.05, 0.1) is 0 Å². The lowest BCUT2D eigenvalue weighted by Gasteiger charge is -2.22. The maximum atomic E-state index is 10.8. The van der Waals surface area contributed by atoms with Crippen LogP contribution in [0.25, 0.3) is 0 Å². The van der Waals surface area contributed by atoms with Gasteiger partial charge in [-0.15, -0.1) is 0 Å². The Labute approximate surface area is 105 Å². The van der Waals surface area contributed by atoms with Crippen molar-refractivity contribution in [1.82, 2.24) is 0 Å². The van der Waals surface area contributed by atoms with E-state index in [9.17, 15) is 4.79 Å². The van der Waals surface area contributed by atoms with Gasteiger partial charge in [0.2, 0.25) is 5.76 Å².